The van der Waals surface area contributed by atoms with Gasteiger partial charge in [-0.2, -0.15) is 5.10 Å². The number of nitrogens with zero attached hydrogens (tertiary/aromatic N) is 3. The molecule has 1 amide bonds. The normalized spacial score (nSPS) is 30.4. The van der Waals surface area contributed by atoms with Crippen molar-refractivity contribution >= 4 is 17.5 Å². The molecule has 0 bridgehead atoms. The van der Waals surface area contributed by atoms with Gasteiger partial charge in [-0.15, -0.1) is 0 Å². The van der Waals surface area contributed by atoms with Gasteiger partial charge in [0.15, 0.2) is 0 Å². The second-order valence-electron chi connectivity index (χ2n) is 5.47. The lowest BCUT2D eigenvalue weighted by Crippen LogP contribution is -2.45. The second-order valence-corrected chi connectivity index (χ2v) is 5.90. The SMILES string of the molecule is C[C@H]1C[C@H]2CN(C(=O)Cn3cc(Cl)cn3)CC[C@@H]2O1. The van der Waals surface area contributed by atoms with Crippen LogP contribution in [-0.2, 0) is 16.1 Å². The van der Waals surface area contributed by atoms with Crippen LogP contribution in [0.2, 0.25) is 5.02 Å². The number of hydrogen-bond acceptors (Lipinski definition) is 3. The first kappa shape index (κ1) is 12.9. The van der Waals surface area contributed by atoms with E-state index in [1.165, 1.54) is 0 Å². The molecule has 0 aromatic carbocycles. The quantitative estimate of drug-likeness (QED) is 0.828. The van der Waals surface area contributed by atoms with Crippen molar-refractivity contribution in [3.8, 4) is 0 Å². The smallest absolute Gasteiger partial charge is 0.244 e. The van der Waals surface area contributed by atoms with E-state index in [1.807, 2.05) is 4.90 Å². The van der Waals surface area contributed by atoms with Crippen molar-refractivity contribution in [1.29, 1.82) is 0 Å². The van der Waals surface area contributed by atoms with Crippen molar-refractivity contribution in [2.24, 2.45) is 5.92 Å². The van der Waals surface area contributed by atoms with Gasteiger partial charge in [-0.25, -0.2) is 0 Å². The van der Waals surface area contributed by atoms with Gasteiger partial charge >= 0.3 is 0 Å². The standard InChI is InChI=1S/C13H18ClN3O2/c1-9-4-10-6-16(3-2-12(10)19-9)13(18)8-17-7-11(14)5-15-17/h5,7,9-10,12H,2-4,6,8H2,1H3/t9-,10-,12-/m0/s1. The van der Waals surface area contributed by atoms with Crippen LogP contribution in [0.4, 0.5) is 0 Å². The maximum atomic E-state index is 12.2. The lowest BCUT2D eigenvalue weighted by atomic mass is 9.93. The number of piperidine rings is 1. The fourth-order valence-electron chi connectivity index (χ4n) is 3.09. The van der Waals surface area contributed by atoms with Crippen molar-refractivity contribution in [2.45, 2.75) is 38.5 Å². The Kier molecular flexibility index (Phi) is 3.50. The van der Waals surface area contributed by atoms with Crippen LogP contribution in [0.1, 0.15) is 19.8 Å². The molecule has 2 fully saturated rings. The van der Waals surface area contributed by atoms with E-state index >= 15 is 0 Å². The predicted molar refractivity (Wildman–Crippen MR) is 70.9 cm³/mol. The summed E-state index contributed by atoms with van der Waals surface area (Å²) in [6.07, 6.45) is 5.90. The van der Waals surface area contributed by atoms with Gasteiger partial charge in [0.25, 0.3) is 0 Å². The van der Waals surface area contributed by atoms with Crippen LogP contribution >= 0.6 is 11.6 Å². The Morgan fingerprint density at radius 3 is 3.21 bits per heavy atom. The number of likely N-dealkylation sites (tertiary alicyclic amines) is 1. The topological polar surface area (TPSA) is 47.4 Å². The number of amides is 1. The maximum absolute atomic E-state index is 12.2. The molecule has 2 aliphatic rings. The molecule has 104 valence electrons. The summed E-state index contributed by atoms with van der Waals surface area (Å²) in [5, 5.41) is 4.60. The van der Waals surface area contributed by atoms with Crippen LogP contribution in [0.5, 0.6) is 0 Å². The zero-order valence-corrected chi connectivity index (χ0v) is 11.7. The summed E-state index contributed by atoms with van der Waals surface area (Å²) >= 11 is 5.79. The molecule has 1 aromatic rings. The minimum Gasteiger partial charge on any atom is -0.375 e. The predicted octanol–water partition coefficient (Wildman–Crippen LogP) is 1.56. The number of carbonyl (C=O) groups is 1. The van der Waals surface area contributed by atoms with Crippen molar-refractivity contribution < 1.29 is 9.53 Å². The highest BCUT2D eigenvalue weighted by Gasteiger charge is 2.38. The molecular weight excluding hydrogens is 266 g/mol. The molecule has 0 spiro atoms. The molecule has 2 saturated heterocycles. The molecule has 1 aromatic heterocycles. The molecule has 0 saturated carbocycles. The third kappa shape index (κ3) is 2.77. The lowest BCUT2D eigenvalue weighted by Gasteiger charge is -2.34. The van der Waals surface area contributed by atoms with Gasteiger partial charge in [0.2, 0.25) is 5.91 Å². The summed E-state index contributed by atoms with van der Waals surface area (Å²) in [6.45, 7) is 3.96. The van der Waals surface area contributed by atoms with E-state index in [4.69, 9.17) is 16.3 Å². The third-order valence-corrected chi connectivity index (χ3v) is 4.15. The van der Waals surface area contributed by atoms with Crippen LogP contribution in [0.3, 0.4) is 0 Å². The summed E-state index contributed by atoms with van der Waals surface area (Å²) < 4.78 is 7.43. The first-order valence-electron chi connectivity index (χ1n) is 6.73. The highest BCUT2D eigenvalue weighted by molar-refractivity contribution is 6.30. The summed E-state index contributed by atoms with van der Waals surface area (Å²) in [7, 11) is 0. The number of ether oxygens (including phenoxy) is 1. The number of aromatic nitrogens is 2. The first-order valence-corrected chi connectivity index (χ1v) is 7.11. The van der Waals surface area contributed by atoms with E-state index in [0.29, 0.717) is 23.1 Å². The lowest BCUT2D eigenvalue weighted by molar-refractivity contribution is -0.135. The Bertz CT molecular complexity index is 476. The van der Waals surface area contributed by atoms with Crippen molar-refractivity contribution in [3.05, 3.63) is 17.4 Å². The highest BCUT2D eigenvalue weighted by Crippen LogP contribution is 2.32. The van der Waals surface area contributed by atoms with Gasteiger partial charge in [0.05, 0.1) is 23.4 Å². The summed E-state index contributed by atoms with van der Waals surface area (Å²) in [4.78, 5) is 14.2. The zero-order valence-electron chi connectivity index (χ0n) is 11.0. The molecule has 0 radical (unpaired) electrons. The van der Waals surface area contributed by atoms with Gasteiger partial charge < -0.3 is 9.64 Å². The molecule has 19 heavy (non-hydrogen) atoms. The molecule has 0 N–H and O–H groups in total. The van der Waals surface area contributed by atoms with Gasteiger partial charge in [0.1, 0.15) is 6.54 Å². The van der Waals surface area contributed by atoms with Crippen molar-refractivity contribution in [3.63, 3.8) is 0 Å². The summed E-state index contributed by atoms with van der Waals surface area (Å²) in [5.74, 6) is 0.603. The van der Waals surface area contributed by atoms with E-state index in [9.17, 15) is 4.79 Å². The number of halogens is 1. The molecule has 3 rings (SSSR count). The van der Waals surface area contributed by atoms with Gasteiger partial charge in [-0.3, -0.25) is 9.48 Å². The van der Waals surface area contributed by atoms with Gasteiger partial charge in [0, 0.05) is 25.2 Å². The molecule has 2 aliphatic heterocycles. The average Bonchev–Trinajstić information content (AvgIpc) is 2.93. The van der Waals surface area contributed by atoms with E-state index < -0.39 is 0 Å². The highest BCUT2D eigenvalue weighted by atomic mass is 35.5. The fraction of sp³-hybridized carbons (Fsp3) is 0.692. The molecule has 0 aliphatic carbocycles. The summed E-state index contributed by atoms with van der Waals surface area (Å²) in [6, 6.07) is 0. The first-order chi connectivity index (χ1) is 9.11. The minimum atomic E-state index is 0.109. The maximum Gasteiger partial charge on any atom is 0.244 e. The van der Waals surface area contributed by atoms with Gasteiger partial charge in [-0.1, -0.05) is 11.6 Å². The average molecular weight is 284 g/mol. The molecule has 5 nitrogen and oxygen atoms in total. The molecule has 3 atom stereocenters. The largest absolute Gasteiger partial charge is 0.375 e. The molecule has 6 heteroatoms. The van der Waals surface area contributed by atoms with Crippen LogP contribution in [-0.4, -0.2) is 45.9 Å². The molecule has 3 heterocycles. The Balaban J connectivity index is 1.59. The van der Waals surface area contributed by atoms with E-state index in [0.717, 1.165) is 25.9 Å². The second kappa shape index (κ2) is 5.13. The van der Waals surface area contributed by atoms with E-state index in [-0.39, 0.29) is 12.5 Å². The van der Waals surface area contributed by atoms with Crippen LogP contribution in [0, 0.1) is 5.92 Å². The van der Waals surface area contributed by atoms with E-state index in [2.05, 4.69) is 12.0 Å². The minimum absolute atomic E-state index is 0.109. The van der Waals surface area contributed by atoms with Crippen LogP contribution < -0.4 is 0 Å². The third-order valence-electron chi connectivity index (χ3n) is 3.96. The van der Waals surface area contributed by atoms with E-state index in [1.54, 1.807) is 17.1 Å². The van der Waals surface area contributed by atoms with Crippen LogP contribution in [0.15, 0.2) is 12.4 Å². The Morgan fingerprint density at radius 1 is 1.63 bits per heavy atom. The number of hydrogen-bond donors (Lipinski definition) is 0. The Morgan fingerprint density at radius 2 is 2.47 bits per heavy atom. The molecular formula is C13H18ClN3O2. The Hall–Kier alpha value is -1.07. The fourth-order valence-corrected chi connectivity index (χ4v) is 3.24. The van der Waals surface area contributed by atoms with Crippen LogP contribution in [0.25, 0.3) is 0 Å². The zero-order chi connectivity index (χ0) is 13.4. The van der Waals surface area contributed by atoms with Gasteiger partial charge in [-0.05, 0) is 19.8 Å². The van der Waals surface area contributed by atoms with Crippen molar-refractivity contribution in [2.75, 3.05) is 13.1 Å². The number of carbonyl (C=O) groups excluding carboxylic acids is 1. The summed E-state index contributed by atoms with van der Waals surface area (Å²) in [5.41, 5.74) is 0. The number of fused-ring (bicyclic) bond motifs is 1. The molecule has 0 unspecified atom stereocenters. The van der Waals surface area contributed by atoms with Crippen molar-refractivity contribution in [1.82, 2.24) is 14.7 Å². The number of rotatable bonds is 2. The Labute approximate surface area is 117 Å². The monoisotopic (exact) mass is 283 g/mol.